The molecule has 0 atom stereocenters. The molecule has 0 saturated carbocycles. The molecule has 0 saturated heterocycles. The molecule has 0 aliphatic carbocycles. The summed E-state index contributed by atoms with van der Waals surface area (Å²) >= 11 is 0. The molecule has 1 aromatic heterocycles. The first-order valence-electron chi connectivity index (χ1n) is 11.8. The standard InChI is InChI=1S/C29H30FN3O2/c1-20(2)15-16-35-27-14-11-23(17-21(27)3)28-24(19-33(32-28)26-7-5-4-6-8-26)18-31-29(34)22-9-12-25(30)13-10-22/h4-14,17,19-20H,15-16,18H2,1-3H3,(H,31,34). The monoisotopic (exact) mass is 471 g/mol. The van der Waals surface area contributed by atoms with Crippen molar-refractivity contribution in [1.29, 1.82) is 0 Å². The minimum atomic E-state index is -0.375. The molecule has 180 valence electrons. The van der Waals surface area contributed by atoms with Gasteiger partial charge in [0.2, 0.25) is 0 Å². The van der Waals surface area contributed by atoms with Gasteiger partial charge in [-0.25, -0.2) is 9.07 Å². The lowest BCUT2D eigenvalue weighted by Gasteiger charge is -2.12. The Morgan fingerprint density at radius 3 is 2.49 bits per heavy atom. The van der Waals surface area contributed by atoms with Gasteiger partial charge in [-0.05, 0) is 79.4 Å². The first-order valence-corrected chi connectivity index (χ1v) is 11.8. The Hall–Kier alpha value is -3.93. The molecule has 35 heavy (non-hydrogen) atoms. The molecule has 1 N–H and O–H groups in total. The number of carbonyl (C=O) groups excluding carboxylic acids is 1. The van der Waals surface area contributed by atoms with Crippen LogP contribution in [0.15, 0.2) is 79.0 Å². The van der Waals surface area contributed by atoms with Gasteiger partial charge in [0.05, 0.1) is 18.0 Å². The average Bonchev–Trinajstić information content (AvgIpc) is 3.28. The van der Waals surface area contributed by atoms with Gasteiger partial charge in [-0.1, -0.05) is 32.0 Å². The van der Waals surface area contributed by atoms with E-state index < -0.39 is 0 Å². The molecule has 4 rings (SSSR count). The molecule has 1 heterocycles. The summed E-state index contributed by atoms with van der Waals surface area (Å²) in [6, 6.07) is 21.4. The van der Waals surface area contributed by atoms with Crippen LogP contribution in [0.5, 0.6) is 5.75 Å². The number of aromatic nitrogens is 2. The van der Waals surface area contributed by atoms with E-state index in [2.05, 4.69) is 25.2 Å². The Balaban J connectivity index is 1.60. The molecule has 0 unspecified atom stereocenters. The summed E-state index contributed by atoms with van der Waals surface area (Å²) in [7, 11) is 0. The van der Waals surface area contributed by atoms with Crippen molar-refractivity contribution in [2.45, 2.75) is 33.7 Å². The highest BCUT2D eigenvalue weighted by Crippen LogP contribution is 2.29. The van der Waals surface area contributed by atoms with Crippen molar-refractivity contribution in [2.24, 2.45) is 5.92 Å². The number of amides is 1. The number of ether oxygens (including phenoxy) is 1. The van der Waals surface area contributed by atoms with E-state index in [0.717, 1.165) is 40.2 Å². The SMILES string of the molecule is Cc1cc(-c2nn(-c3ccccc3)cc2CNC(=O)c2ccc(F)cc2)ccc1OCCC(C)C. The molecule has 0 aliphatic heterocycles. The predicted octanol–water partition coefficient (Wildman–Crippen LogP) is 6.34. The summed E-state index contributed by atoms with van der Waals surface area (Å²) in [4.78, 5) is 12.6. The topological polar surface area (TPSA) is 56.2 Å². The molecule has 1 amide bonds. The lowest BCUT2D eigenvalue weighted by Crippen LogP contribution is -2.22. The van der Waals surface area contributed by atoms with Crippen LogP contribution in [0.4, 0.5) is 4.39 Å². The van der Waals surface area contributed by atoms with Gasteiger partial charge < -0.3 is 10.1 Å². The maximum atomic E-state index is 13.2. The number of benzene rings is 3. The summed E-state index contributed by atoms with van der Waals surface area (Å²) in [6.45, 7) is 7.35. The molecule has 6 heteroatoms. The van der Waals surface area contributed by atoms with Crippen LogP contribution in [0.1, 0.15) is 41.8 Å². The summed E-state index contributed by atoms with van der Waals surface area (Å²) in [5, 5.41) is 7.78. The normalized spacial score (nSPS) is 11.0. The van der Waals surface area contributed by atoms with Crippen molar-refractivity contribution in [3.63, 3.8) is 0 Å². The van der Waals surface area contributed by atoms with Crippen molar-refractivity contribution in [3.05, 3.63) is 102 Å². The molecule has 0 bridgehead atoms. The number of rotatable bonds is 9. The largest absolute Gasteiger partial charge is 0.493 e. The molecule has 0 radical (unpaired) electrons. The van der Waals surface area contributed by atoms with Gasteiger partial charge in [0.15, 0.2) is 0 Å². The van der Waals surface area contributed by atoms with Crippen LogP contribution >= 0.6 is 0 Å². The lowest BCUT2D eigenvalue weighted by atomic mass is 10.0. The van der Waals surface area contributed by atoms with E-state index in [1.165, 1.54) is 24.3 Å². The third-order valence-corrected chi connectivity index (χ3v) is 5.76. The first kappa shape index (κ1) is 24.2. The second-order valence-electron chi connectivity index (χ2n) is 8.98. The summed E-state index contributed by atoms with van der Waals surface area (Å²) in [6.07, 6.45) is 2.93. The molecular weight excluding hydrogens is 441 g/mol. The molecule has 5 nitrogen and oxygen atoms in total. The summed E-state index contributed by atoms with van der Waals surface area (Å²) < 4.78 is 21.0. The van der Waals surface area contributed by atoms with Crippen LogP contribution in [0.25, 0.3) is 16.9 Å². The van der Waals surface area contributed by atoms with E-state index in [4.69, 9.17) is 9.84 Å². The molecule has 3 aromatic carbocycles. The van der Waals surface area contributed by atoms with Crippen LogP contribution in [0.2, 0.25) is 0 Å². The van der Waals surface area contributed by atoms with Crippen molar-refractivity contribution >= 4 is 5.91 Å². The average molecular weight is 472 g/mol. The fourth-order valence-corrected chi connectivity index (χ4v) is 3.74. The highest BCUT2D eigenvalue weighted by molar-refractivity contribution is 5.94. The van der Waals surface area contributed by atoms with Gasteiger partial charge in [-0.3, -0.25) is 4.79 Å². The fourth-order valence-electron chi connectivity index (χ4n) is 3.74. The minimum Gasteiger partial charge on any atom is -0.493 e. The fraction of sp³-hybridized carbons (Fsp3) is 0.241. The van der Waals surface area contributed by atoms with Gasteiger partial charge in [0, 0.05) is 29.4 Å². The van der Waals surface area contributed by atoms with Gasteiger partial charge >= 0.3 is 0 Å². The van der Waals surface area contributed by atoms with E-state index in [9.17, 15) is 9.18 Å². The van der Waals surface area contributed by atoms with Crippen LogP contribution in [0.3, 0.4) is 0 Å². The van der Waals surface area contributed by atoms with Crippen LogP contribution in [-0.4, -0.2) is 22.3 Å². The third-order valence-electron chi connectivity index (χ3n) is 5.76. The smallest absolute Gasteiger partial charge is 0.251 e. The van der Waals surface area contributed by atoms with E-state index in [1.807, 2.05) is 60.3 Å². The van der Waals surface area contributed by atoms with Gasteiger partial charge in [-0.15, -0.1) is 0 Å². The van der Waals surface area contributed by atoms with Crippen LogP contribution < -0.4 is 10.1 Å². The number of hydrogen-bond donors (Lipinski definition) is 1. The number of para-hydroxylation sites is 1. The Morgan fingerprint density at radius 2 is 1.80 bits per heavy atom. The van der Waals surface area contributed by atoms with E-state index in [0.29, 0.717) is 18.1 Å². The van der Waals surface area contributed by atoms with Crippen molar-refractivity contribution < 1.29 is 13.9 Å². The Labute approximate surface area is 205 Å². The van der Waals surface area contributed by atoms with Crippen molar-refractivity contribution in [1.82, 2.24) is 15.1 Å². The molecule has 0 spiro atoms. The maximum Gasteiger partial charge on any atom is 0.251 e. The van der Waals surface area contributed by atoms with E-state index in [1.54, 1.807) is 0 Å². The Bertz CT molecular complexity index is 1280. The number of carbonyl (C=O) groups is 1. The zero-order valence-electron chi connectivity index (χ0n) is 20.3. The van der Waals surface area contributed by atoms with Gasteiger partial charge in [0.1, 0.15) is 11.6 Å². The second kappa shape index (κ2) is 11.0. The van der Waals surface area contributed by atoms with E-state index in [-0.39, 0.29) is 18.3 Å². The lowest BCUT2D eigenvalue weighted by molar-refractivity contribution is 0.0951. The highest BCUT2D eigenvalue weighted by atomic mass is 19.1. The molecule has 0 aliphatic rings. The minimum absolute atomic E-state index is 0.270. The van der Waals surface area contributed by atoms with Crippen molar-refractivity contribution in [3.8, 4) is 22.7 Å². The van der Waals surface area contributed by atoms with E-state index >= 15 is 0 Å². The second-order valence-corrected chi connectivity index (χ2v) is 8.98. The number of nitrogens with one attached hydrogen (secondary N) is 1. The summed E-state index contributed by atoms with van der Waals surface area (Å²) in [5.41, 5.74) is 4.96. The van der Waals surface area contributed by atoms with Gasteiger partial charge in [-0.2, -0.15) is 5.10 Å². The maximum absolute atomic E-state index is 13.2. The Kier molecular flexibility index (Phi) is 7.60. The summed E-state index contributed by atoms with van der Waals surface area (Å²) in [5.74, 6) is 0.806. The highest BCUT2D eigenvalue weighted by Gasteiger charge is 2.15. The zero-order valence-corrected chi connectivity index (χ0v) is 20.3. The predicted molar refractivity (Wildman–Crippen MR) is 136 cm³/mol. The zero-order chi connectivity index (χ0) is 24.8. The first-order chi connectivity index (χ1) is 16.9. The van der Waals surface area contributed by atoms with Crippen LogP contribution in [0, 0.1) is 18.7 Å². The number of nitrogens with zero attached hydrogens (tertiary/aromatic N) is 2. The van der Waals surface area contributed by atoms with Crippen molar-refractivity contribution in [2.75, 3.05) is 6.61 Å². The Morgan fingerprint density at radius 1 is 1.06 bits per heavy atom. The quantitative estimate of drug-likeness (QED) is 0.310. The third kappa shape index (κ3) is 6.15. The molecule has 0 fully saturated rings. The van der Waals surface area contributed by atoms with Gasteiger partial charge in [0.25, 0.3) is 5.91 Å². The molecular formula is C29H30FN3O2. The van der Waals surface area contributed by atoms with Crippen LogP contribution in [-0.2, 0) is 6.54 Å². The number of halogens is 1. The molecule has 4 aromatic rings. The number of aryl methyl sites for hydroxylation is 1. The number of hydrogen-bond acceptors (Lipinski definition) is 3.